The summed E-state index contributed by atoms with van der Waals surface area (Å²) in [6.45, 7) is 7.11. The van der Waals surface area contributed by atoms with Gasteiger partial charge >= 0.3 is 5.97 Å². The minimum absolute atomic E-state index is 0.0106. The molecule has 0 spiro atoms. The summed E-state index contributed by atoms with van der Waals surface area (Å²) < 4.78 is 16.5. The van der Waals surface area contributed by atoms with Crippen LogP contribution < -0.4 is 15.6 Å². The van der Waals surface area contributed by atoms with Gasteiger partial charge in [0.05, 0.1) is 5.39 Å². The van der Waals surface area contributed by atoms with E-state index in [2.05, 4.69) is 10.3 Å². The smallest absolute Gasteiger partial charge is 0.341 e. The number of carbonyl (C=O) groups is 1. The number of nitrogens with zero attached hydrogens (tertiary/aromatic N) is 3. The highest BCUT2D eigenvalue weighted by molar-refractivity contribution is 5.92. The van der Waals surface area contributed by atoms with Crippen molar-refractivity contribution < 1.29 is 14.3 Å². The third kappa shape index (κ3) is 2.47. The second kappa shape index (κ2) is 5.51. The molecule has 2 aliphatic heterocycles. The van der Waals surface area contributed by atoms with Crippen molar-refractivity contribution in [3.8, 4) is 0 Å². The van der Waals surface area contributed by atoms with Crippen molar-refractivity contribution in [3.05, 3.63) is 33.9 Å². The second-order valence-electron chi connectivity index (χ2n) is 8.03. The van der Waals surface area contributed by atoms with E-state index in [0.29, 0.717) is 18.2 Å². The number of aromatic carboxylic acids is 1. The lowest BCUT2D eigenvalue weighted by molar-refractivity contribution is 0.0694. The van der Waals surface area contributed by atoms with Crippen LogP contribution in [-0.2, 0) is 5.54 Å². The number of fused-ring (bicyclic) bond motifs is 3. The fourth-order valence-corrected chi connectivity index (χ4v) is 3.90. The third-order valence-electron chi connectivity index (χ3n) is 5.19. The molecule has 138 valence electrons. The summed E-state index contributed by atoms with van der Waals surface area (Å²) in [5, 5.41) is 12.7. The fraction of sp³-hybridized carbons (Fsp3) is 0.500. The molecule has 7 nitrogen and oxygen atoms in total. The number of nitrogens with one attached hydrogen (secondary N) is 1. The van der Waals surface area contributed by atoms with Gasteiger partial charge in [-0.15, -0.1) is 0 Å². The number of hydrogen-bond donors (Lipinski definition) is 2. The summed E-state index contributed by atoms with van der Waals surface area (Å²) in [5.41, 5.74) is -1.31. The van der Waals surface area contributed by atoms with Crippen LogP contribution in [0, 0.1) is 5.82 Å². The summed E-state index contributed by atoms with van der Waals surface area (Å²) in [5.74, 6) is -1.69. The number of anilines is 1. The molecular weight excluding hydrogens is 339 g/mol. The molecule has 4 heterocycles. The van der Waals surface area contributed by atoms with Gasteiger partial charge in [-0.05, 0) is 33.3 Å². The molecule has 8 heteroatoms. The van der Waals surface area contributed by atoms with E-state index >= 15 is 0 Å². The average molecular weight is 360 g/mol. The molecule has 2 aromatic rings. The van der Waals surface area contributed by atoms with Crippen LogP contribution in [0.3, 0.4) is 0 Å². The van der Waals surface area contributed by atoms with Gasteiger partial charge in [-0.2, -0.15) is 0 Å². The highest BCUT2D eigenvalue weighted by atomic mass is 19.1. The Morgan fingerprint density at radius 2 is 2.15 bits per heavy atom. The van der Waals surface area contributed by atoms with Gasteiger partial charge in [0.25, 0.3) is 0 Å². The summed E-state index contributed by atoms with van der Waals surface area (Å²) in [7, 11) is 0. The number of pyridine rings is 2. The van der Waals surface area contributed by atoms with E-state index in [-0.39, 0.29) is 22.8 Å². The van der Waals surface area contributed by atoms with Gasteiger partial charge in [0.15, 0.2) is 11.6 Å². The maximum atomic E-state index is 14.8. The predicted octanol–water partition coefficient (Wildman–Crippen LogP) is 1.54. The Morgan fingerprint density at radius 1 is 1.42 bits per heavy atom. The van der Waals surface area contributed by atoms with Crippen LogP contribution in [0.1, 0.15) is 37.6 Å². The van der Waals surface area contributed by atoms with Crippen LogP contribution in [0.4, 0.5) is 10.2 Å². The summed E-state index contributed by atoms with van der Waals surface area (Å²) in [6.07, 6.45) is 2.25. The Kier molecular flexibility index (Phi) is 3.59. The predicted molar refractivity (Wildman–Crippen MR) is 95.5 cm³/mol. The first kappa shape index (κ1) is 17.0. The van der Waals surface area contributed by atoms with Crippen molar-refractivity contribution in [2.45, 2.75) is 44.8 Å². The van der Waals surface area contributed by atoms with Gasteiger partial charge in [0.2, 0.25) is 5.43 Å². The molecule has 0 unspecified atom stereocenters. The van der Waals surface area contributed by atoms with Gasteiger partial charge in [-0.3, -0.25) is 4.79 Å². The Bertz CT molecular complexity index is 979. The zero-order chi connectivity index (χ0) is 18.8. The van der Waals surface area contributed by atoms with Crippen molar-refractivity contribution in [1.29, 1.82) is 0 Å². The summed E-state index contributed by atoms with van der Waals surface area (Å²) >= 11 is 0. The topological polar surface area (TPSA) is 87.5 Å². The maximum Gasteiger partial charge on any atom is 0.341 e. The van der Waals surface area contributed by atoms with Gasteiger partial charge in [-0.25, -0.2) is 14.2 Å². The minimum atomic E-state index is -1.33. The van der Waals surface area contributed by atoms with Crippen LogP contribution in [-0.4, -0.2) is 45.8 Å². The SMILES string of the molecule is CC(C)(C)n1cc(C(=O)O)c(=O)c2cc(F)c(N3C[C@H]4C[C@@H]3CN4)nc21. The molecule has 0 amide bonds. The van der Waals surface area contributed by atoms with Crippen molar-refractivity contribution in [3.63, 3.8) is 0 Å². The molecule has 0 radical (unpaired) electrons. The molecule has 0 saturated carbocycles. The fourth-order valence-electron chi connectivity index (χ4n) is 3.90. The first-order valence-electron chi connectivity index (χ1n) is 8.66. The van der Waals surface area contributed by atoms with Crippen molar-refractivity contribution in [1.82, 2.24) is 14.9 Å². The lowest BCUT2D eigenvalue weighted by Gasteiger charge is -2.30. The maximum absolute atomic E-state index is 14.8. The van der Waals surface area contributed by atoms with E-state index in [4.69, 9.17) is 0 Å². The summed E-state index contributed by atoms with van der Waals surface area (Å²) in [6, 6.07) is 1.65. The number of aromatic nitrogens is 2. The van der Waals surface area contributed by atoms with E-state index in [1.807, 2.05) is 25.7 Å². The molecule has 0 aromatic carbocycles. The molecule has 2 fully saturated rings. The molecule has 4 rings (SSSR count). The third-order valence-corrected chi connectivity index (χ3v) is 5.19. The quantitative estimate of drug-likeness (QED) is 0.845. The zero-order valence-corrected chi connectivity index (χ0v) is 14.9. The van der Waals surface area contributed by atoms with E-state index in [1.165, 1.54) is 6.20 Å². The molecule has 26 heavy (non-hydrogen) atoms. The molecule has 2 atom stereocenters. The molecule has 2 aromatic heterocycles. The van der Waals surface area contributed by atoms with Crippen LogP contribution >= 0.6 is 0 Å². The number of piperazine rings is 1. The molecular formula is C18H21FN4O3. The molecule has 2 bridgehead atoms. The van der Waals surface area contributed by atoms with Crippen molar-refractivity contribution >= 4 is 22.8 Å². The van der Waals surface area contributed by atoms with E-state index in [1.54, 1.807) is 4.57 Å². The van der Waals surface area contributed by atoms with E-state index < -0.39 is 22.8 Å². The highest BCUT2D eigenvalue weighted by Crippen LogP contribution is 2.32. The first-order valence-corrected chi connectivity index (χ1v) is 8.66. The molecule has 2 aliphatic rings. The van der Waals surface area contributed by atoms with Crippen LogP contribution in [0.15, 0.2) is 17.1 Å². The number of rotatable bonds is 2. The van der Waals surface area contributed by atoms with Crippen molar-refractivity contribution in [2.75, 3.05) is 18.0 Å². The van der Waals surface area contributed by atoms with Crippen LogP contribution in [0.2, 0.25) is 0 Å². The molecule has 0 aliphatic carbocycles. The van der Waals surface area contributed by atoms with Crippen LogP contribution in [0.25, 0.3) is 11.0 Å². The second-order valence-corrected chi connectivity index (χ2v) is 8.03. The van der Waals surface area contributed by atoms with E-state index in [9.17, 15) is 19.1 Å². The molecule has 2 N–H and O–H groups in total. The highest BCUT2D eigenvalue weighted by Gasteiger charge is 2.39. The normalized spacial score (nSPS) is 22.4. The van der Waals surface area contributed by atoms with Gasteiger partial charge in [0.1, 0.15) is 11.2 Å². The van der Waals surface area contributed by atoms with Gasteiger partial charge in [-0.1, -0.05) is 0 Å². The molecule has 2 saturated heterocycles. The Labute approximate surface area is 149 Å². The zero-order valence-electron chi connectivity index (χ0n) is 14.9. The number of hydrogen-bond acceptors (Lipinski definition) is 5. The Morgan fingerprint density at radius 3 is 2.69 bits per heavy atom. The van der Waals surface area contributed by atoms with Gasteiger partial charge in [0, 0.05) is 36.9 Å². The largest absolute Gasteiger partial charge is 0.477 e. The summed E-state index contributed by atoms with van der Waals surface area (Å²) in [4.78, 5) is 30.4. The number of halogens is 1. The average Bonchev–Trinajstić information content (AvgIpc) is 3.16. The van der Waals surface area contributed by atoms with Crippen molar-refractivity contribution in [2.24, 2.45) is 0 Å². The monoisotopic (exact) mass is 360 g/mol. The first-order chi connectivity index (χ1) is 12.2. The van der Waals surface area contributed by atoms with E-state index in [0.717, 1.165) is 19.0 Å². The lowest BCUT2D eigenvalue weighted by atomic mass is 10.1. The lowest BCUT2D eigenvalue weighted by Crippen LogP contribution is -2.44. The standard InChI is InChI=1S/C18H21FN4O3/c1-18(2,3)23-8-12(17(25)26)14(24)11-5-13(19)16(21-15(11)23)22-7-9-4-10(22)6-20-9/h5,8-10,20H,4,6-7H2,1-3H3,(H,25,26)/t9-,10-/m1/s1. The number of carboxylic acids is 1. The van der Waals surface area contributed by atoms with Crippen LogP contribution in [0.5, 0.6) is 0 Å². The Balaban J connectivity index is 1.99. The number of carboxylic acid groups (broad SMARTS) is 1. The van der Waals surface area contributed by atoms with Gasteiger partial charge < -0.3 is 19.9 Å². The Hall–Kier alpha value is -2.48. The minimum Gasteiger partial charge on any atom is -0.477 e.